The summed E-state index contributed by atoms with van der Waals surface area (Å²) in [4.78, 5) is 10.6. The van der Waals surface area contributed by atoms with Crippen LogP contribution in [0.2, 0.25) is 0 Å². The Morgan fingerprint density at radius 3 is 1.92 bits per heavy atom. The van der Waals surface area contributed by atoms with E-state index in [1.54, 1.807) is 0 Å². The molecule has 0 bridgehead atoms. The van der Waals surface area contributed by atoms with Crippen LogP contribution in [0.4, 0.5) is 0 Å². The molecular weight excluding hydrogens is 158 g/mol. The minimum absolute atomic E-state index is 0.306. The molecule has 2 atom stereocenters. The quantitative estimate of drug-likeness (QED) is 0.573. The van der Waals surface area contributed by atoms with Gasteiger partial charge in [-0.15, -0.1) is 0 Å². The largest absolute Gasteiger partial charge is 0.480 e. The second-order valence-electron chi connectivity index (χ2n) is 3.95. The summed E-state index contributed by atoms with van der Waals surface area (Å²) in [6.07, 6.45) is -0.887. The molecule has 0 saturated carbocycles. The van der Waals surface area contributed by atoms with Gasteiger partial charge in [-0.1, -0.05) is 0 Å². The van der Waals surface area contributed by atoms with E-state index >= 15 is 0 Å². The van der Waals surface area contributed by atoms with Crippen LogP contribution in [-0.4, -0.2) is 33.9 Å². The Hall–Kier alpha value is -0.610. The van der Waals surface area contributed by atoms with Crippen LogP contribution in [0.25, 0.3) is 0 Å². The van der Waals surface area contributed by atoms with Crippen molar-refractivity contribution >= 4 is 5.97 Å². The molecular formula is C8H17NO3. The fraction of sp³-hybridized carbons (Fsp3) is 0.875. The molecule has 4 heteroatoms. The molecule has 0 aromatic carbocycles. The molecule has 0 fully saturated rings. The first-order valence-electron chi connectivity index (χ1n) is 3.92. The molecule has 2 unspecified atom stereocenters. The zero-order chi connectivity index (χ0) is 9.94. The number of carboxylic acids is 1. The van der Waals surface area contributed by atoms with Crippen LogP contribution in [0.15, 0.2) is 0 Å². The van der Waals surface area contributed by atoms with Crippen LogP contribution in [0.1, 0.15) is 27.7 Å². The van der Waals surface area contributed by atoms with Gasteiger partial charge in [-0.25, -0.2) is 0 Å². The lowest BCUT2D eigenvalue weighted by Crippen LogP contribution is -2.52. The molecule has 0 amide bonds. The molecule has 72 valence electrons. The third-order valence-electron chi connectivity index (χ3n) is 1.34. The second-order valence-corrected chi connectivity index (χ2v) is 3.95. The van der Waals surface area contributed by atoms with E-state index in [0.717, 1.165) is 0 Å². The molecule has 0 radical (unpaired) electrons. The number of carbonyl (C=O) groups is 1. The molecule has 4 nitrogen and oxygen atoms in total. The standard InChI is InChI=1S/C8H17NO3/c1-5(10)6(7(11)12)9-8(2,3)4/h5-6,9-10H,1-4H3,(H,11,12). The van der Waals surface area contributed by atoms with E-state index in [0.29, 0.717) is 0 Å². The highest BCUT2D eigenvalue weighted by Crippen LogP contribution is 2.04. The fourth-order valence-electron chi connectivity index (χ4n) is 0.855. The SMILES string of the molecule is CC(O)C(NC(C)(C)C)C(=O)O. The van der Waals surface area contributed by atoms with Crippen LogP contribution < -0.4 is 5.32 Å². The van der Waals surface area contributed by atoms with Crippen LogP contribution in [0.3, 0.4) is 0 Å². The molecule has 0 aliphatic rings. The van der Waals surface area contributed by atoms with Gasteiger partial charge < -0.3 is 10.2 Å². The van der Waals surface area contributed by atoms with Crippen molar-refractivity contribution < 1.29 is 15.0 Å². The lowest BCUT2D eigenvalue weighted by molar-refractivity contribution is -0.142. The normalized spacial score (nSPS) is 17.1. The van der Waals surface area contributed by atoms with E-state index in [2.05, 4.69) is 5.32 Å². The molecule has 0 aliphatic carbocycles. The molecule has 0 saturated heterocycles. The highest BCUT2D eigenvalue weighted by atomic mass is 16.4. The highest BCUT2D eigenvalue weighted by Gasteiger charge is 2.26. The summed E-state index contributed by atoms with van der Waals surface area (Å²) in [7, 11) is 0. The zero-order valence-electron chi connectivity index (χ0n) is 7.96. The highest BCUT2D eigenvalue weighted by molar-refractivity contribution is 5.74. The first-order chi connectivity index (χ1) is 5.24. The van der Waals surface area contributed by atoms with Crippen molar-refractivity contribution in [2.75, 3.05) is 0 Å². The van der Waals surface area contributed by atoms with Crippen LogP contribution >= 0.6 is 0 Å². The maximum Gasteiger partial charge on any atom is 0.323 e. The van der Waals surface area contributed by atoms with Crippen molar-refractivity contribution in [1.29, 1.82) is 0 Å². The molecule has 0 aromatic heterocycles. The molecule has 0 heterocycles. The number of carboxylic acid groups (broad SMARTS) is 1. The molecule has 0 aromatic rings. The Balaban J connectivity index is 4.25. The lowest BCUT2D eigenvalue weighted by atomic mass is 10.0. The minimum Gasteiger partial charge on any atom is -0.480 e. The van der Waals surface area contributed by atoms with Crippen molar-refractivity contribution in [3.63, 3.8) is 0 Å². The predicted molar refractivity (Wildman–Crippen MR) is 46.0 cm³/mol. The Labute approximate surface area is 72.6 Å². The smallest absolute Gasteiger partial charge is 0.323 e. The Morgan fingerprint density at radius 2 is 1.83 bits per heavy atom. The number of aliphatic carboxylic acids is 1. The van der Waals surface area contributed by atoms with Crippen LogP contribution in [-0.2, 0) is 4.79 Å². The number of rotatable bonds is 3. The van der Waals surface area contributed by atoms with E-state index in [1.807, 2.05) is 20.8 Å². The fourth-order valence-corrected chi connectivity index (χ4v) is 0.855. The average Bonchev–Trinajstić information content (AvgIpc) is 1.79. The second kappa shape index (κ2) is 3.87. The van der Waals surface area contributed by atoms with Gasteiger partial charge in [0.1, 0.15) is 6.04 Å². The molecule has 12 heavy (non-hydrogen) atoms. The first kappa shape index (κ1) is 11.4. The lowest BCUT2D eigenvalue weighted by Gasteiger charge is -2.27. The summed E-state index contributed by atoms with van der Waals surface area (Å²) in [6.45, 7) is 7.01. The van der Waals surface area contributed by atoms with Crippen molar-refractivity contribution in [3.8, 4) is 0 Å². The number of hydrogen-bond donors (Lipinski definition) is 3. The van der Waals surface area contributed by atoms with Gasteiger partial charge in [0.15, 0.2) is 0 Å². The van der Waals surface area contributed by atoms with Crippen molar-refractivity contribution in [1.82, 2.24) is 5.32 Å². The summed E-state index contributed by atoms with van der Waals surface area (Å²) in [5, 5.41) is 20.6. The molecule has 0 rings (SSSR count). The number of nitrogens with one attached hydrogen (secondary N) is 1. The minimum atomic E-state index is -1.03. The number of hydrogen-bond acceptors (Lipinski definition) is 3. The van der Waals surface area contributed by atoms with Crippen LogP contribution in [0, 0.1) is 0 Å². The predicted octanol–water partition coefficient (Wildman–Crippen LogP) is 0.208. The van der Waals surface area contributed by atoms with Crippen LogP contribution in [0.5, 0.6) is 0 Å². The van der Waals surface area contributed by atoms with Gasteiger partial charge in [-0.05, 0) is 27.7 Å². The zero-order valence-corrected chi connectivity index (χ0v) is 7.96. The number of aliphatic hydroxyl groups is 1. The summed E-state index contributed by atoms with van der Waals surface area (Å²) >= 11 is 0. The summed E-state index contributed by atoms with van der Waals surface area (Å²) in [6, 6.07) is -0.898. The van der Waals surface area contributed by atoms with Gasteiger partial charge in [0.05, 0.1) is 6.10 Å². The maximum atomic E-state index is 10.6. The van der Waals surface area contributed by atoms with E-state index in [1.165, 1.54) is 6.92 Å². The van der Waals surface area contributed by atoms with Gasteiger partial charge in [-0.3, -0.25) is 10.1 Å². The van der Waals surface area contributed by atoms with E-state index in [-0.39, 0.29) is 5.54 Å². The molecule has 0 spiro atoms. The average molecular weight is 175 g/mol. The summed E-state index contributed by atoms with van der Waals surface area (Å²) in [5.74, 6) is -1.03. The molecule has 3 N–H and O–H groups in total. The summed E-state index contributed by atoms with van der Waals surface area (Å²) in [5.41, 5.74) is -0.306. The Kier molecular flexibility index (Phi) is 3.67. The van der Waals surface area contributed by atoms with Gasteiger partial charge in [0.25, 0.3) is 0 Å². The molecule has 0 aliphatic heterocycles. The van der Waals surface area contributed by atoms with E-state index in [4.69, 9.17) is 10.2 Å². The monoisotopic (exact) mass is 175 g/mol. The third-order valence-corrected chi connectivity index (χ3v) is 1.34. The van der Waals surface area contributed by atoms with Crippen molar-refractivity contribution in [2.45, 2.75) is 45.4 Å². The Bertz CT molecular complexity index is 160. The van der Waals surface area contributed by atoms with Gasteiger partial charge in [0.2, 0.25) is 0 Å². The number of aliphatic hydroxyl groups excluding tert-OH is 1. The van der Waals surface area contributed by atoms with Crippen molar-refractivity contribution in [3.05, 3.63) is 0 Å². The Morgan fingerprint density at radius 1 is 1.42 bits per heavy atom. The topological polar surface area (TPSA) is 69.6 Å². The first-order valence-corrected chi connectivity index (χ1v) is 3.92. The third kappa shape index (κ3) is 4.31. The summed E-state index contributed by atoms with van der Waals surface area (Å²) < 4.78 is 0. The van der Waals surface area contributed by atoms with Gasteiger partial charge >= 0.3 is 5.97 Å². The van der Waals surface area contributed by atoms with Gasteiger partial charge in [-0.2, -0.15) is 0 Å². The van der Waals surface area contributed by atoms with Crippen molar-refractivity contribution in [2.24, 2.45) is 0 Å². The van der Waals surface area contributed by atoms with Gasteiger partial charge in [0, 0.05) is 5.54 Å². The van der Waals surface area contributed by atoms with E-state index in [9.17, 15) is 4.79 Å². The van der Waals surface area contributed by atoms with E-state index < -0.39 is 18.1 Å². The maximum absolute atomic E-state index is 10.6.